The van der Waals surface area contributed by atoms with Crippen LogP contribution in [0.2, 0.25) is 0 Å². The number of hydrogen-bond acceptors (Lipinski definition) is 4. The van der Waals surface area contributed by atoms with Gasteiger partial charge in [0.05, 0.1) is 24.0 Å². The fraction of sp³-hybridized carbons (Fsp3) is 0.333. The zero-order chi connectivity index (χ0) is 14.7. The predicted molar refractivity (Wildman–Crippen MR) is 87.2 cm³/mol. The average molecular weight is 356 g/mol. The SMILES string of the molecule is CNC(c1cc(OC)cc(OC)c1)c1cc(C)c(Br)s1. The van der Waals surface area contributed by atoms with Crippen LogP contribution in [-0.4, -0.2) is 21.3 Å². The first-order valence-corrected chi connectivity index (χ1v) is 7.86. The van der Waals surface area contributed by atoms with Crippen LogP contribution in [0, 0.1) is 6.92 Å². The van der Waals surface area contributed by atoms with Gasteiger partial charge in [0.15, 0.2) is 0 Å². The lowest BCUT2D eigenvalue weighted by molar-refractivity contribution is 0.392. The first-order valence-electron chi connectivity index (χ1n) is 6.25. The zero-order valence-electron chi connectivity index (χ0n) is 12.0. The third-order valence-electron chi connectivity index (χ3n) is 3.16. The van der Waals surface area contributed by atoms with E-state index in [0.717, 1.165) is 17.1 Å². The number of thiophene rings is 1. The molecular weight excluding hydrogens is 338 g/mol. The standard InChI is InChI=1S/C15H18BrNO2S/c1-9-5-13(20-15(9)16)14(17-2)10-6-11(18-3)8-12(7-10)19-4/h5-8,14,17H,1-4H3. The molecule has 1 aromatic carbocycles. The van der Waals surface area contributed by atoms with Gasteiger partial charge in [-0.15, -0.1) is 11.3 Å². The molecule has 0 radical (unpaired) electrons. The Labute approximate surface area is 132 Å². The van der Waals surface area contributed by atoms with Crippen LogP contribution in [0.1, 0.15) is 22.0 Å². The number of nitrogens with one attached hydrogen (secondary N) is 1. The molecule has 0 aliphatic heterocycles. The van der Waals surface area contributed by atoms with Gasteiger partial charge in [-0.1, -0.05) is 0 Å². The van der Waals surface area contributed by atoms with Crippen LogP contribution in [0.4, 0.5) is 0 Å². The summed E-state index contributed by atoms with van der Waals surface area (Å²) in [5, 5.41) is 3.36. The van der Waals surface area contributed by atoms with Crippen molar-refractivity contribution in [2.24, 2.45) is 0 Å². The fourth-order valence-electron chi connectivity index (χ4n) is 2.10. The smallest absolute Gasteiger partial charge is 0.122 e. The minimum Gasteiger partial charge on any atom is -0.497 e. The van der Waals surface area contributed by atoms with Crippen molar-refractivity contribution in [2.45, 2.75) is 13.0 Å². The van der Waals surface area contributed by atoms with E-state index in [4.69, 9.17) is 9.47 Å². The summed E-state index contributed by atoms with van der Waals surface area (Å²) < 4.78 is 11.9. The first kappa shape index (κ1) is 15.4. The molecule has 2 rings (SSSR count). The Hall–Kier alpha value is -1.04. The molecule has 108 valence electrons. The van der Waals surface area contributed by atoms with Gasteiger partial charge in [0.2, 0.25) is 0 Å². The largest absolute Gasteiger partial charge is 0.497 e. The van der Waals surface area contributed by atoms with Gasteiger partial charge in [-0.05, 0) is 59.2 Å². The molecule has 0 amide bonds. The minimum absolute atomic E-state index is 0.119. The van der Waals surface area contributed by atoms with Gasteiger partial charge in [0.25, 0.3) is 0 Å². The second-order valence-corrected chi connectivity index (χ2v) is 6.87. The molecule has 1 aromatic heterocycles. The molecule has 1 atom stereocenters. The number of benzene rings is 1. The minimum atomic E-state index is 0.119. The molecule has 0 aliphatic rings. The molecule has 1 unspecified atom stereocenters. The highest BCUT2D eigenvalue weighted by atomic mass is 79.9. The van der Waals surface area contributed by atoms with E-state index in [1.807, 2.05) is 25.2 Å². The van der Waals surface area contributed by atoms with E-state index in [0.29, 0.717) is 0 Å². The summed E-state index contributed by atoms with van der Waals surface area (Å²) in [7, 11) is 5.29. The van der Waals surface area contributed by atoms with E-state index in [-0.39, 0.29) is 6.04 Å². The third kappa shape index (κ3) is 3.16. The quantitative estimate of drug-likeness (QED) is 0.873. The summed E-state index contributed by atoms with van der Waals surface area (Å²) in [5.41, 5.74) is 2.37. The predicted octanol–water partition coefficient (Wildman–Crippen LogP) is 4.15. The highest BCUT2D eigenvalue weighted by Crippen LogP contribution is 2.36. The van der Waals surface area contributed by atoms with Crippen molar-refractivity contribution >= 4 is 27.3 Å². The normalized spacial score (nSPS) is 12.2. The van der Waals surface area contributed by atoms with Crippen LogP contribution in [0.15, 0.2) is 28.1 Å². The maximum absolute atomic E-state index is 5.34. The Balaban J connectivity index is 2.45. The second-order valence-electron chi connectivity index (χ2n) is 4.47. The summed E-state index contributed by atoms with van der Waals surface area (Å²) in [4.78, 5) is 1.26. The van der Waals surface area contributed by atoms with Gasteiger partial charge in [0, 0.05) is 10.9 Å². The molecule has 0 aliphatic carbocycles. The number of hydrogen-bond donors (Lipinski definition) is 1. The molecule has 3 nitrogen and oxygen atoms in total. The molecule has 0 bridgehead atoms. The molecule has 1 N–H and O–H groups in total. The van der Waals surface area contributed by atoms with Crippen LogP contribution in [0.5, 0.6) is 11.5 Å². The number of ether oxygens (including phenoxy) is 2. The second kappa shape index (κ2) is 6.61. The maximum Gasteiger partial charge on any atom is 0.122 e. The highest BCUT2D eigenvalue weighted by molar-refractivity contribution is 9.11. The Morgan fingerprint density at radius 2 is 1.70 bits per heavy atom. The zero-order valence-corrected chi connectivity index (χ0v) is 14.4. The van der Waals surface area contributed by atoms with E-state index in [9.17, 15) is 0 Å². The molecule has 1 heterocycles. The van der Waals surface area contributed by atoms with Crippen molar-refractivity contribution in [3.05, 3.63) is 44.1 Å². The highest BCUT2D eigenvalue weighted by Gasteiger charge is 2.17. The number of halogens is 1. The van der Waals surface area contributed by atoms with Gasteiger partial charge in [-0.3, -0.25) is 0 Å². The molecular formula is C15H18BrNO2S. The van der Waals surface area contributed by atoms with Crippen LogP contribution < -0.4 is 14.8 Å². The summed E-state index contributed by atoms with van der Waals surface area (Å²) in [6.45, 7) is 2.10. The summed E-state index contributed by atoms with van der Waals surface area (Å²) in [5.74, 6) is 1.60. The molecule has 20 heavy (non-hydrogen) atoms. The van der Waals surface area contributed by atoms with Gasteiger partial charge >= 0.3 is 0 Å². The first-order chi connectivity index (χ1) is 9.58. The van der Waals surface area contributed by atoms with Gasteiger partial charge < -0.3 is 14.8 Å². The molecule has 0 fully saturated rings. The molecule has 0 saturated heterocycles. The van der Waals surface area contributed by atoms with E-state index in [1.165, 1.54) is 14.2 Å². The van der Waals surface area contributed by atoms with Crippen molar-refractivity contribution in [1.29, 1.82) is 0 Å². The molecule has 2 aromatic rings. The summed E-state index contributed by atoms with van der Waals surface area (Å²) in [6.07, 6.45) is 0. The van der Waals surface area contributed by atoms with Crippen LogP contribution in [0.25, 0.3) is 0 Å². The molecule has 5 heteroatoms. The molecule has 0 saturated carbocycles. The van der Waals surface area contributed by atoms with E-state index < -0.39 is 0 Å². The number of methoxy groups -OCH3 is 2. The third-order valence-corrected chi connectivity index (χ3v) is 5.36. The lowest BCUT2D eigenvalue weighted by atomic mass is 10.0. The Bertz CT molecular complexity index is 556. The number of aryl methyl sites for hydroxylation is 1. The Morgan fingerprint density at radius 3 is 2.10 bits per heavy atom. The Morgan fingerprint density at radius 1 is 1.10 bits per heavy atom. The van der Waals surface area contributed by atoms with Crippen molar-refractivity contribution in [1.82, 2.24) is 5.32 Å². The number of rotatable bonds is 5. The van der Waals surface area contributed by atoms with Crippen LogP contribution in [0.3, 0.4) is 0 Å². The van der Waals surface area contributed by atoms with E-state index >= 15 is 0 Å². The topological polar surface area (TPSA) is 30.5 Å². The van der Waals surface area contributed by atoms with Crippen molar-refractivity contribution in [3.8, 4) is 11.5 Å². The van der Waals surface area contributed by atoms with Crippen molar-refractivity contribution < 1.29 is 9.47 Å². The lowest BCUT2D eigenvalue weighted by Crippen LogP contribution is -2.16. The average Bonchev–Trinajstić information content (AvgIpc) is 2.78. The Kier molecular flexibility index (Phi) is 5.07. The monoisotopic (exact) mass is 355 g/mol. The van der Waals surface area contributed by atoms with Gasteiger partial charge in [-0.2, -0.15) is 0 Å². The van der Waals surface area contributed by atoms with Gasteiger partial charge in [-0.25, -0.2) is 0 Å². The summed E-state index contributed by atoms with van der Waals surface area (Å²) in [6, 6.07) is 8.27. The van der Waals surface area contributed by atoms with Crippen LogP contribution >= 0.6 is 27.3 Å². The van der Waals surface area contributed by atoms with Gasteiger partial charge in [0.1, 0.15) is 11.5 Å². The van der Waals surface area contributed by atoms with E-state index in [1.54, 1.807) is 25.6 Å². The lowest BCUT2D eigenvalue weighted by Gasteiger charge is -2.17. The van der Waals surface area contributed by atoms with Crippen molar-refractivity contribution in [2.75, 3.05) is 21.3 Å². The maximum atomic E-state index is 5.34. The van der Waals surface area contributed by atoms with Crippen LogP contribution in [-0.2, 0) is 0 Å². The molecule has 0 spiro atoms. The summed E-state index contributed by atoms with van der Waals surface area (Å²) >= 11 is 5.33. The fourth-order valence-corrected chi connectivity index (χ4v) is 3.80. The van der Waals surface area contributed by atoms with Crippen molar-refractivity contribution in [3.63, 3.8) is 0 Å². The van der Waals surface area contributed by atoms with E-state index in [2.05, 4.69) is 34.2 Å².